The lowest BCUT2D eigenvalue weighted by molar-refractivity contribution is 0.0985. The largest absolute Gasteiger partial charge is 0.279 e. The summed E-state index contributed by atoms with van der Waals surface area (Å²) in [5, 5.41) is 0.679. The van der Waals surface area contributed by atoms with Gasteiger partial charge in [0.15, 0.2) is 5.13 Å². The molecule has 0 saturated carbocycles. The van der Waals surface area contributed by atoms with Crippen LogP contribution in [0.15, 0.2) is 71.5 Å². The van der Waals surface area contributed by atoms with Crippen LogP contribution in [0.5, 0.6) is 0 Å². The van der Waals surface area contributed by atoms with Crippen LogP contribution in [0.2, 0.25) is 0 Å². The van der Waals surface area contributed by atoms with E-state index < -0.39 is 0 Å². The van der Waals surface area contributed by atoms with Gasteiger partial charge in [-0.15, -0.1) is 0 Å². The number of hydrogen-bond donors (Lipinski definition) is 0. The minimum absolute atomic E-state index is 0.0688. The smallest absolute Gasteiger partial charge is 0.260 e. The van der Waals surface area contributed by atoms with Crippen LogP contribution in [0.4, 0.5) is 5.13 Å². The number of pyridine rings is 1. The van der Waals surface area contributed by atoms with Gasteiger partial charge in [-0.25, -0.2) is 4.98 Å². The molecule has 0 aliphatic carbocycles. The maximum atomic E-state index is 13.3. The molecule has 0 bridgehead atoms. The first-order valence-corrected chi connectivity index (χ1v) is 10.0. The van der Waals surface area contributed by atoms with Crippen molar-refractivity contribution in [3.8, 4) is 0 Å². The van der Waals surface area contributed by atoms with Crippen LogP contribution < -0.4 is 4.90 Å². The Morgan fingerprint density at radius 3 is 2.81 bits per heavy atom. The second-order valence-corrected chi connectivity index (χ2v) is 8.16. The molecule has 0 aliphatic rings. The zero-order valence-electron chi connectivity index (χ0n) is 14.6. The summed E-state index contributed by atoms with van der Waals surface area (Å²) in [6, 6.07) is 17.4. The first kappa shape index (κ1) is 17.8. The monoisotopic (exact) mass is 437 g/mol. The van der Waals surface area contributed by atoms with Gasteiger partial charge in [-0.2, -0.15) is 0 Å². The summed E-state index contributed by atoms with van der Waals surface area (Å²) in [7, 11) is 0. The summed E-state index contributed by atoms with van der Waals surface area (Å²) in [6.45, 7) is 2.40. The van der Waals surface area contributed by atoms with E-state index >= 15 is 0 Å². The van der Waals surface area contributed by atoms with Crippen molar-refractivity contribution in [2.45, 2.75) is 13.5 Å². The van der Waals surface area contributed by atoms with E-state index in [1.54, 1.807) is 17.3 Å². The molecular formula is C21H16BrN3OS. The minimum Gasteiger partial charge on any atom is -0.279 e. The second-order valence-electron chi connectivity index (χ2n) is 6.23. The van der Waals surface area contributed by atoms with E-state index in [2.05, 4.69) is 20.9 Å². The number of aromatic nitrogens is 2. The number of hydrogen-bond acceptors (Lipinski definition) is 4. The Bertz CT molecular complexity index is 1110. The molecule has 6 heteroatoms. The van der Waals surface area contributed by atoms with E-state index in [0.717, 1.165) is 25.8 Å². The van der Waals surface area contributed by atoms with Gasteiger partial charge in [0.2, 0.25) is 0 Å². The number of nitrogens with zero attached hydrogens (tertiary/aromatic N) is 3. The fraction of sp³-hybridized carbons (Fsp3) is 0.0952. The summed E-state index contributed by atoms with van der Waals surface area (Å²) in [6.07, 6.45) is 3.51. The fourth-order valence-electron chi connectivity index (χ4n) is 2.84. The van der Waals surface area contributed by atoms with Crippen molar-refractivity contribution >= 4 is 48.5 Å². The first-order valence-electron chi connectivity index (χ1n) is 8.44. The zero-order valence-corrected chi connectivity index (χ0v) is 17.0. The van der Waals surface area contributed by atoms with E-state index in [1.807, 2.05) is 61.5 Å². The summed E-state index contributed by atoms with van der Waals surface area (Å²) in [4.78, 5) is 23.9. The molecule has 0 spiro atoms. The number of aryl methyl sites for hydroxylation is 1. The predicted octanol–water partition coefficient (Wildman–Crippen LogP) is 5.61. The van der Waals surface area contributed by atoms with Crippen molar-refractivity contribution < 1.29 is 4.79 Å². The Balaban J connectivity index is 1.77. The quantitative estimate of drug-likeness (QED) is 0.416. The summed E-state index contributed by atoms with van der Waals surface area (Å²) in [5.41, 5.74) is 3.54. The highest BCUT2D eigenvalue weighted by atomic mass is 79.9. The number of carbonyl (C=O) groups excluding carboxylic acids is 1. The van der Waals surface area contributed by atoms with Gasteiger partial charge in [-0.3, -0.25) is 14.7 Å². The Kier molecular flexibility index (Phi) is 5.01. The number of carbonyl (C=O) groups is 1. The van der Waals surface area contributed by atoms with Gasteiger partial charge in [-0.1, -0.05) is 51.0 Å². The van der Waals surface area contributed by atoms with E-state index in [0.29, 0.717) is 17.2 Å². The standard InChI is InChI=1S/C21H16BrN3OS/c1-14-4-2-6-16(10-14)20(26)25(13-15-5-3-9-23-12-15)21-24-18-8-7-17(22)11-19(18)27-21/h2-12H,13H2,1H3. The molecule has 4 rings (SSSR count). The van der Waals surface area contributed by atoms with Crippen LogP contribution in [-0.4, -0.2) is 15.9 Å². The van der Waals surface area contributed by atoms with Gasteiger partial charge in [0.25, 0.3) is 5.91 Å². The molecule has 0 fully saturated rings. The average Bonchev–Trinajstić information content (AvgIpc) is 3.09. The van der Waals surface area contributed by atoms with Crippen LogP contribution in [0.1, 0.15) is 21.5 Å². The Morgan fingerprint density at radius 2 is 2.04 bits per heavy atom. The van der Waals surface area contributed by atoms with Gasteiger partial charge < -0.3 is 0 Å². The molecule has 0 atom stereocenters. The van der Waals surface area contributed by atoms with E-state index in [1.165, 1.54) is 11.3 Å². The van der Waals surface area contributed by atoms with Crippen LogP contribution in [0.3, 0.4) is 0 Å². The molecule has 0 radical (unpaired) electrons. The molecule has 0 saturated heterocycles. The third-order valence-electron chi connectivity index (χ3n) is 4.14. The van der Waals surface area contributed by atoms with E-state index in [4.69, 9.17) is 4.98 Å². The highest BCUT2D eigenvalue weighted by Crippen LogP contribution is 2.32. The Hall–Kier alpha value is -2.57. The van der Waals surface area contributed by atoms with Crippen LogP contribution in [0.25, 0.3) is 10.2 Å². The zero-order chi connectivity index (χ0) is 18.8. The highest BCUT2D eigenvalue weighted by Gasteiger charge is 2.22. The number of benzene rings is 2. The predicted molar refractivity (Wildman–Crippen MR) is 113 cm³/mol. The highest BCUT2D eigenvalue weighted by molar-refractivity contribution is 9.10. The maximum absolute atomic E-state index is 13.3. The van der Waals surface area contributed by atoms with E-state index in [9.17, 15) is 4.79 Å². The minimum atomic E-state index is -0.0688. The van der Waals surface area contributed by atoms with Crippen molar-refractivity contribution in [3.05, 3.63) is 88.2 Å². The average molecular weight is 438 g/mol. The van der Waals surface area contributed by atoms with Crippen molar-refractivity contribution in [2.75, 3.05) is 4.90 Å². The molecule has 2 aromatic heterocycles. The number of amides is 1. The van der Waals surface area contributed by atoms with Crippen LogP contribution in [0, 0.1) is 6.92 Å². The summed E-state index contributed by atoms with van der Waals surface area (Å²) >= 11 is 5.01. The lowest BCUT2D eigenvalue weighted by Gasteiger charge is -2.20. The third-order valence-corrected chi connectivity index (χ3v) is 5.68. The SMILES string of the molecule is Cc1cccc(C(=O)N(Cc2cccnc2)c2nc3ccc(Br)cc3s2)c1. The van der Waals surface area contributed by atoms with Gasteiger partial charge in [-0.05, 0) is 48.9 Å². The van der Waals surface area contributed by atoms with E-state index in [-0.39, 0.29) is 5.91 Å². The summed E-state index contributed by atoms with van der Waals surface area (Å²) < 4.78 is 2.03. The molecule has 27 heavy (non-hydrogen) atoms. The molecule has 0 unspecified atom stereocenters. The van der Waals surface area contributed by atoms with Gasteiger partial charge in [0.1, 0.15) is 0 Å². The number of rotatable bonds is 4. The molecule has 0 aliphatic heterocycles. The summed E-state index contributed by atoms with van der Waals surface area (Å²) in [5.74, 6) is -0.0688. The maximum Gasteiger partial charge on any atom is 0.260 e. The molecule has 2 heterocycles. The Morgan fingerprint density at radius 1 is 1.15 bits per heavy atom. The lowest BCUT2D eigenvalue weighted by atomic mass is 10.1. The van der Waals surface area contributed by atoms with Crippen molar-refractivity contribution in [3.63, 3.8) is 0 Å². The molecule has 0 N–H and O–H groups in total. The Labute approximate surface area is 169 Å². The van der Waals surface area contributed by atoms with Crippen molar-refractivity contribution in [2.24, 2.45) is 0 Å². The topological polar surface area (TPSA) is 46.1 Å². The van der Waals surface area contributed by atoms with Crippen LogP contribution in [-0.2, 0) is 6.54 Å². The number of thiazole rings is 1. The fourth-order valence-corrected chi connectivity index (χ4v) is 4.35. The molecule has 4 aromatic rings. The molecule has 4 nitrogen and oxygen atoms in total. The molecular weight excluding hydrogens is 422 g/mol. The number of fused-ring (bicyclic) bond motifs is 1. The van der Waals surface area contributed by atoms with Gasteiger partial charge in [0.05, 0.1) is 16.8 Å². The first-order chi connectivity index (χ1) is 13.1. The van der Waals surface area contributed by atoms with Crippen molar-refractivity contribution in [1.29, 1.82) is 0 Å². The second kappa shape index (κ2) is 7.58. The van der Waals surface area contributed by atoms with Gasteiger partial charge in [0, 0.05) is 22.4 Å². The van der Waals surface area contributed by atoms with Crippen molar-refractivity contribution in [1.82, 2.24) is 9.97 Å². The van der Waals surface area contributed by atoms with Crippen LogP contribution >= 0.6 is 27.3 Å². The number of halogens is 1. The lowest BCUT2D eigenvalue weighted by Crippen LogP contribution is -2.30. The number of anilines is 1. The molecule has 1 amide bonds. The molecule has 2 aromatic carbocycles. The van der Waals surface area contributed by atoms with Gasteiger partial charge >= 0.3 is 0 Å². The molecule has 134 valence electrons. The third kappa shape index (κ3) is 3.91. The normalized spacial score (nSPS) is 10.9.